The summed E-state index contributed by atoms with van der Waals surface area (Å²) in [6.07, 6.45) is 0. The van der Waals surface area contributed by atoms with Crippen LogP contribution in [0.15, 0.2) is 0 Å². The minimum absolute atomic E-state index is 0.937. The van der Waals surface area contributed by atoms with Crippen LogP contribution in [0.1, 0.15) is 0 Å². The average molecular weight is 170 g/mol. The van der Waals surface area contributed by atoms with E-state index < -0.39 is 20.3 Å². The normalized spacial score (nSPS) is 15.9. The molecule has 0 saturated carbocycles. The molecule has 10 heavy (non-hydrogen) atoms. The number of hydrogen-bond acceptors (Lipinski definition) is 5. The lowest BCUT2D eigenvalue weighted by Gasteiger charge is -2.13. The fourth-order valence-electron chi connectivity index (χ4n) is 0.172. The number of hydrogen-bond donors (Lipinski definition) is 3. The number of hydroxylamine groups is 1. The van der Waals surface area contributed by atoms with Crippen LogP contribution in [0.2, 0.25) is 0 Å². The zero-order chi connectivity index (χ0) is 8.20. The minimum atomic E-state index is -4.85. The molecule has 0 aromatic heterocycles. The largest absolute Gasteiger partial charge is 0.756 e. The highest BCUT2D eigenvalue weighted by Crippen LogP contribution is 2.29. The summed E-state index contributed by atoms with van der Waals surface area (Å²) in [4.78, 5) is 27.6. The van der Waals surface area contributed by atoms with Gasteiger partial charge in [-0.1, -0.05) is 0 Å². The van der Waals surface area contributed by atoms with Crippen molar-refractivity contribution < 1.29 is 28.9 Å². The van der Waals surface area contributed by atoms with Crippen LogP contribution >= 0.6 is 7.82 Å². The van der Waals surface area contributed by atoms with Gasteiger partial charge in [0.15, 0.2) is 0 Å². The van der Waals surface area contributed by atoms with E-state index in [0.29, 0.717) is 0 Å². The zero-order valence-corrected chi connectivity index (χ0v) is 5.58. The summed E-state index contributed by atoms with van der Waals surface area (Å²) in [6.45, 7) is -0.937. The summed E-state index contributed by atoms with van der Waals surface area (Å²) in [6, 6.07) is 0. The number of amides is 1. The van der Waals surface area contributed by atoms with Gasteiger partial charge in [-0.15, -0.1) is 0 Å². The first kappa shape index (κ1) is 9.54. The van der Waals surface area contributed by atoms with Crippen molar-refractivity contribution in [3.8, 4) is 0 Å². The van der Waals surface area contributed by atoms with Gasteiger partial charge < -0.3 is 14.3 Å². The van der Waals surface area contributed by atoms with E-state index in [1.165, 1.54) is 0 Å². The molecule has 0 aliphatic carbocycles. The molecule has 0 fully saturated rings. The van der Waals surface area contributed by atoms with Gasteiger partial charge in [0.1, 0.15) is 6.61 Å². The molecule has 0 rings (SSSR count). The van der Waals surface area contributed by atoms with E-state index in [2.05, 4.69) is 4.52 Å². The molecular weight excluding hydrogens is 165 g/mol. The van der Waals surface area contributed by atoms with Crippen LogP contribution in [0.5, 0.6) is 0 Å². The van der Waals surface area contributed by atoms with Gasteiger partial charge in [-0.2, -0.15) is 0 Å². The predicted molar refractivity (Wildman–Crippen MR) is 25.7 cm³/mol. The Hall–Kier alpha value is -0.460. The minimum Gasteiger partial charge on any atom is -0.756 e. The summed E-state index contributed by atoms with van der Waals surface area (Å²) in [7, 11) is -4.85. The molecule has 0 aliphatic heterocycles. The standard InChI is InChI=1S/C2H6NO6P/c4-2(3-5)1-9-10(6,7)8/h5H,1H2,(H,3,4)(H2,6,7,8)/p-1. The molecule has 0 spiro atoms. The molecule has 1 atom stereocenters. The molecule has 60 valence electrons. The van der Waals surface area contributed by atoms with Gasteiger partial charge in [0.2, 0.25) is 0 Å². The van der Waals surface area contributed by atoms with Gasteiger partial charge in [0, 0.05) is 0 Å². The number of nitrogens with one attached hydrogen (secondary N) is 1. The van der Waals surface area contributed by atoms with Gasteiger partial charge in [-0.25, -0.2) is 5.48 Å². The molecule has 0 bridgehead atoms. The summed E-state index contributed by atoms with van der Waals surface area (Å²) in [5.41, 5.74) is 1.10. The predicted octanol–water partition coefficient (Wildman–Crippen LogP) is -2.03. The smallest absolute Gasteiger partial charge is 0.269 e. The van der Waals surface area contributed by atoms with Crippen LogP contribution < -0.4 is 10.4 Å². The van der Waals surface area contributed by atoms with E-state index in [1.807, 2.05) is 0 Å². The highest BCUT2D eigenvalue weighted by atomic mass is 31.2. The second-order valence-corrected chi connectivity index (χ2v) is 2.47. The summed E-state index contributed by atoms with van der Waals surface area (Å²) in [5, 5.41) is 7.78. The summed E-state index contributed by atoms with van der Waals surface area (Å²) < 4.78 is 13.3. The highest BCUT2D eigenvalue weighted by molar-refractivity contribution is 7.44. The maximum Gasteiger partial charge on any atom is 0.269 e. The lowest BCUT2D eigenvalue weighted by Crippen LogP contribution is -2.24. The average Bonchev–Trinajstić information content (AvgIpc) is 1.81. The van der Waals surface area contributed by atoms with E-state index in [-0.39, 0.29) is 0 Å². The van der Waals surface area contributed by atoms with Crippen molar-refractivity contribution in [2.45, 2.75) is 0 Å². The lowest BCUT2D eigenvalue weighted by molar-refractivity contribution is -0.220. The third-order valence-corrected chi connectivity index (χ3v) is 0.939. The molecule has 0 radical (unpaired) electrons. The second kappa shape index (κ2) is 3.65. The molecule has 0 aromatic carbocycles. The van der Waals surface area contributed by atoms with Crippen molar-refractivity contribution in [3.05, 3.63) is 0 Å². The summed E-state index contributed by atoms with van der Waals surface area (Å²) >= 11 is 0. The molecule has 0 heterocycles. The second-order valence-electron chi connectivity index (χ2n) is 1.28. The van der Waals surface area contributed by atoms with Gasteiger partial charge >= 0.3 is 0 Å². The quantitative estimate of drug-likeness (QED) is 0.255. The first-order valence-electron chi connectivity index (χ1n) is 2.07. The van der Waals surface area contributed by atoms with Crippen molar-refractivity contribution in [1.29, 1.82) is 0 Å². The Morgan fingerprint density at radius 2 is 2.30 bits per heavy atom. The van der Waals surface area contributed by atoms with Crippen LogP contribution in [0.3, 0.4) is 0 Å². The Morgan fingerprint density at radius 1 is 1.80 bits per heavy atom. The van der Waals surface area contributed by atoms with E-state index in [4.69, 9.17) is 10.1 Å². The first-order chi connectivity index (χ1) is 4.45. The first-order valence-corrected chi connectivity index (χ1v) is 3.56. The topological polar surface area (TPSA) is 119 Å². The van der Waals surface area contributed by atoms with Gasteiger partial charge in [-0.3, -0.25) is 14.6 Å². The Morgan fingerprint density at radius 3 is 2.60 bits per heavy atom. The number of rotatable bonds is 3. The van der Waals surface area contributed by atoms with Gasteiger partial charge in [0.05, 0.1) is 0 Å². The third-order valence-electron chi connectivity index (χ3n) is 0.483. The Labute approximate surface area is 55.8 Å². The zero-order valence-electron chi connectivity index (χ0n) is 4.68. The molecule has 7 nitrogen and oxygen atoms in total. The molecule has 0 saturated heterocycles. The third kappa shape index (κ3) is 5.67. The Kier molecular flexibility index (Phi) is 3.48. The highest BCUT2D eigenvalue weighted by Gasteiger charge is 2.05. The van der Waals surface area contributed by atoms with Crippen molar-refractivity contribution in [2.75, 3.05) is 6.61 Å². The van der Waals surface area contributed by atoms with Crippen molar-refractivity contribution in [2.24, 2.45) is 0 Å². The fourth-order valence-corrected chi connectivity index (χ4v) is 0.453. The molecule has 1 amide bonds. The number of phosphoric acid groups is 1. The van der Waals surface area contributed by atoms with Crippen LogP contribution in [-0.2, 0) is 13.9 Å². The Balaban J connectivity index is 3.56. The van der Waals surface area contributed by atoms with Crippen molar-refractivity contribution >= 4 is 13.7 Å². The number of carbonyl (C=O) groups excluding carboxylic acids is 1. The van der Waals surface area contributed by atoms with E-state index >= 15 is 0 Å². The molecular formula is C2H5NO6P-. The molecule has 8 heteroatoms. The van der Waals surface area contributed by atoms with Crippen LogP contribution in [0.25, 0.3) is 0 Å². The van der Waals surface area contributed by atoms with E-state index in [1.54, 1.807) is 0 Å². The van der Waals surface area contributed by atoms with Crippen LogP contribution in [0.4, 0.5) is 0 Å². The molecule has 0 aromatic rings. The van der Waals surface area contributed by atoms with E-state index in [9.17, 15) is 14.3 Å². The number of carbonyl (C=O) groups is 1. The van der Waals surface area contributed by atoms with Crippen molar-refractivity contribution in [1.82, 2.24) is 5.48 Å². The van der Waals surface area contributed by atoms with Crippen molar-refractivity contribution in [3.63, 3.8) is 0 Å². The lowest BCUT2D eigenvalue weighted by atomic mass is 10.7. The van der Waals surface area contributed by atoms with Crippen LogP contribution in [-0.4, -0.2) is 22.6 Å². The van der Waals surface area contributed by atoms with Gasteiger partial charge in [-0.05, 0) is 0 Å². The molecule has 1 unspecified atom stereocenters. The Bertz CT molecular complexity index is 161. The molecule has 3 N–H and O–H groups in total. The maximum absolute atomic E-state index is 10.0. The SMILES string of the molecule is O=C(COP(=O)([O-])O)NO. The summed E-state index contributed by atoms with van der Waals surface area (Å²) in [5.74, 6) is -1.06. The monoisotopic (exact) mass is 170 g/mol. The fraction of sp³-hybridized carbons (Fsp3) is 0.500. The number of phosphoric ester groups is 1. The van der Waals surface area contributed by atoms with Gasteiger partial charge in [0.25, 0.3) is 13.7 Å². The van der Waals surface area contributed by atoms with E-state index in [0.717, 1.165) is 5.48 Å². The maximum atomic E-state index is 10.0. The van der Waals surface area contributed by atoms with Crippen LogP contribution in [0, 0.1) is 0 Å². The molecule has 0 aliphatic rings.